The molecule has 2 aromatic carbocycles. The van der Waals surface area contributed by atoms with E-state index in [1.54, 1.807) is 0 Å². The van der Waals surface area contributed by atoms with Gasteiger partial charge < -0.3 is 10.6 Å². The van der Waals surface area contributed by atoms with E-state index in [1.165, 1.54) is 22.3 Å². The van der Waals surface area contributed by atoms with Crippen molar-refractivity contribution in [3.63, 3.8) is 0 Å². The molecule has 2 aromatic rings. The molecule has 0 radical (unpaired) electrons. The van der Waals surface area contributed by atoms with Crippen LogP contribution in [0.2, 0.25) is 0 Å². The van der Waals surface area contributed by atoms with Gasteiger partial charge in [0.1, 0.15) is 0 Å². The largest absolute Gasteiger partial charge is 0.325 e. The van der Waals surface area contributed by atoms with Gasteiger partial charge in [-0.05, 0) is 60.2 Å². The molecule has 0 spiro atoms. The van der Waals surface area contributed by atoms with Crippen molar-refractivity contribution in [1.82, 2.24) is 5.32 Å². The number of carbonyl (C=O) groups is 1. The first-order valence-electron chi connectivity index (χ1n) is 7.57. The summed E-state index contributed by atoms with van der Waals surface area (Å²) in [6.07, 6.45) is 3.00. The summed E-state index contributed by atoms with van der Waals surface area (Å²) < 4.78 is 0. The van der Waals surface area contributed by atoms with Gasteiger partial charge in [0.25, 0.3) is 0 Å². The number of fused-ring (bicyclic) bond motifs is 3. The molecule has 1 aliphatic carbocycles. The van der Waals surface area contributed by atoms with Gasteiger partial charge in [0.05, 0.1) is 6.04 Å². The number of hydrogen-bond donors (Lipinski definition) is 2. The van der Waals surface area contributed by atoms with Gasteiger partial charge in [-0.25, -0.2) is 0 Å². The molecule has 4 rings (SSSR count). The summed E-state index contributed by atoms with van der Waals surface area (Å²) in [5.41, 5.74) is 6.15. The standard InChI is InChI=1S/C18H18N2O/c21-18(17-6-3-9-19-17)20-14-8-7-13-10-12-4-1-2-5-15(12)16(13)11-14/h1-2,4-5,7-8,11,17,19H,3,6,9-10H2,(H,20,21)/t17-/m1/s1. The molecule has 1 heterocycles. The molecule has 0 aromatic heterocycles. The van der Waals surface area contributed by atoms with Crippen molar-refractivity contribution in [3.05, 3.63) is 53.6 Å². The second kappa shape index (κ2) is 5.01. The van der Waals surface area contributed by atoms with Crippen molar-refractivity contribution < 1.29 is 4.79 Å². The Morgan fingerprint density at radius 1 is 1.10 bits per heavy atom. The van der Waals surface area contributed by atoms with E-state index in [0.29, 0.717) is 0 Å². The Bertz CT molecular complexity index is 702. The van der Waals surface area contributed by atoms with E-state index in [0.717, 1.165) is 31.5 Å². The number of anilines is 1. The van der Waals surface area contributed by atoms with Crippen LogP contribution in [0.25, 0.3) is 11.1 Å². The minimum absolute atomic E-state index is 0.0365. The number of hydrogen-bond acceptors (Lipinski definition) is 2. The predicted molar refractivity (Wildman–Crippen MR) is 84.3 cm³/mol. The van der Waals surface area contributed by atoms with Gasteiger partial charge in [-0.3, -0.25) is 4.79 Å². The fourth-order valence-corrected chi connectivity index (χ4v) is 3.34. The van der Waals surface area contributed by atoms with E-state index in [1.807, 2.05) is 6.07 Å². The SMILES string of the molecule is O=C(Nc1ccc2c(c1)-c1ccccc1C2)[C@H]1CCCN1. The molecule has 1 saturated heterocycles. The highest BCUT2D eigenvalue weighted by molar-refractivity contribution is 5.96. The Morgan fingerprint density at radius 2 is 1.95 bits per heavy atom. The van der Waals surface area contributed by atoms with Gasteiger partial charge in [0.15, 0.2) is 0 Å². The van der Waals surface area contributed by atoms with Crippen LogP contribution in [0.4, 0.5) is 5.69 Å². The molecule has 1 aliphatic heterocycles. The second-order valence-corrected chi connectivity index (χ2v) is 5.84. The van der Waals surface area contributed by atoms with Crippen LogP contribution in [-0.4, -0.2) is 18.5 Å². The van der Waals surface area contributed by atoms with E-state index in [9.17, 15) is 4.79 Å². The summed E-state index contributed by atoms with van der Waals surface area (Å²) in [6, 6.07) is 14.7. The van der Waals surface area contributed by atoms with Crippen molar-refractivity contribution >= 4 is 11.6 Å². The zero-order valence-corrected chi connectivity index (χ0v) is 11.9. The Hall–Kier alpha value is -2.13. The minimum Gasteiger partial charge on any atom is -0.325 e. The van der Waals surface area contributed by atoms with Gasteiger partial charge in [0.2, 0.25) is 5.91 Å². The maximum absolute atomic E-state index is 12.2. The van der Waals surface area contributed by atoms with Crippen molar-refractivity contribution in [2.45, 2.75) is 25.3 Å². The van der Waals surface area contributed by atoms with Crippen LogP contribution in [0.3, 0.4) is 0 Å². The average molecular weight is 278 g/mol. The number of carbonyl (C=O) groups excluding carboxylic acids is 1. The van der Waals surface area contributed by atoms with E-state index in [2.05, 4.69) is 47.0 Å². The zero-order chi connectivity index (χ0) is 14.2. The Balaban J connectivity index is 1.60. The summed E-state index contributed by atoms with van der Waals surface area (Å²) in [4.78, 5) is 12.2. The van der Waals surface area contributed by atoms with Crippen molar-refractivity contribution in [3.8, 4) is 11.1 Å². The van der Waals surface area contributed by atoms with Crippen LogP contribution >= 0.6 is 0 Å². The first kappa shape index (κ1) is 12.6. The topological polar surface area (TPSA) is 41.1 Å². The molecular weight excluding hydrogens is 260 g/mol. The molecule has 2 aliphatic rings. The van der Waals surface area contributed by atoms with Crippen LogP contribution in [0.1, 0.15) is 24.0 Å². The highest BCUT2D eigenvalue weighted by Crippen LogP contribution is 2.37. The molecule has 0 saturated carbocycles. The monoisotopic (exact) mass is 278 g/mol. The van der Waals surface area contributed by atoms with E-state index in [4.69, 9.17) is 0 Å². The van der Waals surface area contributed by atoms with Crippen molar-refractivity contribution in [1.29, 1.82) is 0 Å². The fourth-order valence-electron chi connectivity index (χ4n) is 3.34. The Morgan fingerprint density at radius 3 is 2.81 bits per heavy atom. The number of amides is 1. The average Bonchev–Trinajstić information content (AvgIpc) is 3.14. The lowest BCUT2D eigenvalue weighted by molar-refractivity contribution is -0.117. The van der Waals surface area contributed by atoms with Crippen LogP contribution in [0.5, 0.6) is 0 Å². The molecular formula is C18H18N2O. The van der Waals surface area contributed by atoms with E-state index < -0.39 is 0 Å². The third kappa shape index (κ3) is 2.24. The molecule has 0 unspecified atom stereocenters. The first-order chi connectivity index (χ1) is 10.3. The summed E-state index contributed by atoms with van der Waals surface area (Å²) >= 11 is 0. The molecule has 1 fully saturated rings. The first-order valence-corrected chi connectivity index (χ1v) is 7.57. The quantitative estimate of drug-likeness (QED) is 0.756. The lowest BCUT2D eigenvalue weighted by Gasteiger charge is -2.12. The molecule has 21 heavy (non-hydrogen) atoms. The third-order valence-corrected chi connectivity index (χ3v) is 4.44. The third-order valence-electron chi connectivity index (χ3n) is 4.44. The lowest BCUT2D eigenvalue weighted by Crippen LogP contribution is -2.35. The van der Waals surface area contributed by atoms with Crippen molar-refractivity contribution in [2.24, 2.45) is 0 Å². The number of rotatable bonds is 2. The molecule has 3 heteroatoms. The summed E-state index contributed by atoms with van der Waals surface area (Å²) in [5.74, 6) is 0.0822. The smallest absolute Gasteiger partial charge is 0.241 e. The van der Waals surface area contributed by atoms with Gasteiger partial charge in [-0.2, -0.15) is 0 Å². The Labute approximate surface area is 124 Å². The van der Waals surface area contributed by atoms with Crippen LogP contribution < -0.4 is 10.6 Å². The van der Waals surface area contributed by atoms with E-state index in [-0.39, 0.29) is 11.9 Å². The van der Waals surface area contributed by atoms with Crippen LogP contribution in [0.15, 0.2) is 42.5 Å². The Kier molecular flexibility index (Phi) is 3.00. The maximum atomic E-state index is 12.2. The highest BCUT2D eigenvalue weighted by Gasteiger charge is 2.23. The highest BCUT2D eigenvalue weighted by atomic mass is 16.2. The summed E-state index contributed by atoms with van der Waals surface area (Å²) in [7, 11) is 0. The molecule has 3 nitrogen and oxygen atoms in total. The van der Waals surface area contributed by atoms with Gasteiger partial charge in [-0.15, -0.1) is 0 Å². The number of nitrogens with one attached hydrogen (secondary N) is 2. The normalized spacial score (nSPS) is 19.1. The zero-order valence-electron chi connectivity index (χ0n) is 11.9. The minimum atomic E-state index is -0.0365. The second-order valence-electron chi connectivity index (χ2n) is 5.84. The molecule has 2 N–H and O–H groups in total. The molecule has 0 bridgehead atoms. The van der Waals surface area contributed by atoms with Crippen LogP contribution in [-0.2, 0) is 11.2 Å². The van der Waals surface area contributed by atoms with Gasteiger partial charge >= 0.3 is 0 Å². The van der Waals surface area contributed by atoms with Gasteiger partial charge in [0, 0.05) is 5.69 Å². The van der Waals surface area contributed by atoms with Gasteiger partial charge in [-0.1, -0.05) is 30.3 Å². The lowest BCUT2D eigenvalue weighted by atomic mass is 10.1. The summed E-state index contributed by atoms with van der Waals surface area (Å²) in [6.45, 7) is 0.940. The maximum Gasteiger partial charge on any atom is 0.241 e. The molecule has 106 valence electrons. The summed E-state index contributed by atoms with van der Waals surface area (Å²) in [5, 5.41) is 6.28. The van der Waals surface area contributed by atoms with Crippen molar-refractivity contribution in [2.75, 3.05) is 11.9 Å². The van der Waals surface area contributed by atoms with Crippen LogP contribution in [0, 0.1) is 0 Å². The van der Waals surface area contributed by atoms with E-state index >= 15 is 0 Å². The predicted octanol–water partition coefficient (Wildman–Crippen LogP) is 2.95. The molecule has 1 amide bonds. The number of benzene rings is 2. The molecule has 1 atom stereocenters. The fraction of sp³-hybridized carbons (Fsp3) is 0.278.